The maximum atomic E-state index is 13.5. The fraction of sp³-hybridized carbons (Fsp3) is 0.654. The van der Waals surface area contributed by atoms with Gasteiger partial charge < -0.3 is 31.1 Å². The maximum absolute atomic E-state index is 13.5. The van der Waals surface area contributed by atoms with E-state index in [2.05, 4.69) is 16.0 Å². The molecule has 194 valence electrons. The molecular formula is C26H40N4O5. The Bertz CT molecular complexity index is 854. The molecule has 1 aromatic carbocycles. The Balaban J connectivity index is 1.59. The highest BCUT2D eigenvalue weighted by molar-refractivity contribution is 5.93. The van der Waals surface area contributed by atoms with Crippen LogP contribution in [0.4, 0.5) is 0 Å². The van der Waals surface area contributed by atoms with Gasteiger partial charge in [0.2, 0.25) is 17.7 Å². The van der Waals surface area contributed by atoms with Gasteiger partial charge in [-0.25, -0.2) is 0 Å². The Hall–Kier alpha value is -2.65. The lowest BCUT2D eigenvalue weighted by molar-refractivity contribution is -0.143. The van der Waals surface area contributed by atoms with Crippen LogP contribution in [0.1, 0.15) is 51.5 Å². The average Bonchev–Trinajstić information content (AvgIpc) is 3.33. The number of aliphatic hydroxyl groups excluding tert-OH is 1. The summed E-state index contributed by atoms with van der Waals surface area (Å²) in [6.45, 7) is 6.95. The zero-order chi connectivity index (χ0) is 25.4. The second-order valence-electron chi connectivity index (χ2n) is 10.2. The highest BCUT2D eigenvalue weighted by atomic mass is 16.3. The quantitative estimate of drug-likeness (QED) is 0.333. The van der Waals surface area contributed by atoms with Gasteiger partial charge in [-0.2, -0.15) is 0 Å². The summed E-state index contributed by atoms with van der Waals surface area (Å²) in [7, 11) is 0. The van der Waals surface area contributed by atoms with E-state index in [1.165, 1.54) is 12.1 Å². The van der Waals surface area contributed by atoms with Crippen molar-refractivity contribution in [2.24, 2.45) is 11.8 Å². The van der Waals surface area contributed by atoms with E-state index in [9.17, 15) is 24.6 Å². The van der Waals surface area contributed by atoms with E-state index in [0.717, 1.165) is 32.4 Å². The smallest absolute Gasteiger partial charge is 0.249 e. The molecule has 2 aliphatic rings. The normalized spacial score (nSPS) is 20.5. The molecule has 35 heavy (non-hydrogen) atoms. The number of benzene rings is 1. The summed E-state index contributed by atoms with van der Waals surface area (Å²) >= 11 is 0. The van der Waals surface area contributed by atoms with Gasteiger partial charge in [0.25, 0.3) is 0 Å². The molecule has 3 amide bonds. The number of nitrogens with zero attached hydrogens (tertiary/aromatic N) is 1. The van der Waals surface area contributed by atoms with E-state index in [0.29, 0.717) is 37.4 Å². The molecule has 0 unspecified atom stereocenters. The highest BCUT2D eigenvalue weighted by Crippen LogP contribution is 2.21. The monoisotopic (exact) mass is 488 g/mol. The molecule has 9 nitrogen and oxygen atoms in total. The molecular weight excluding hydrogens is 448 g/mol. The average molecular weight is 489 g/mol. The number of aliphatic hydroxyl groups is 1. The minimum atomic E-state index is -1.33. The van der Waals surface area contributed by atoms with E-state index >= 15 is 0 Å². The summed E-state index contributed by atoms with van der Waals surface area (Å²) in [5.74, 6) is -0.333. The molecule has 0 spiro atoms. The van der Waals surface area contributed by atoms with E-state index in [-0.39, 0.29) is 29.9 Å². The third-order valence-electron chi connectivity index (χ3n) is 6.85. The van der Waals surface area contributed by atoms with Gasteiger partial charge in [-0.15, -0.1) is 0 Å². The summed E-state index contributed by atoms with van der Waals surface area (Å²) < 4.78 is 0. The first kappa shape index (κ1) is 26.9. The van der Waals surface area contributed by atoms with Crippen molar-refractivity contribution in [3.05, 3.63) is 29.8 Å². The van der Waals surface area contributed by atoms with Gasteiger partial charge in [-0.1, -0.05) is 26.0 Å². The first-order chi connectivity index (χ1) is 16.7. The number of likely N-dealkylation sites (tertiary alicyclic amines) is 1. The Morgan fingerprint density at radius 3 is 2.46 bits per heavy atom. The molecule has 2 heterocycles. The van der Waals surface area contributed by atoms with Crippen molar-refractivity contribution in [1.82, 2.24) is 20.9 Å². The number of rotatable bonds is 10. The van der Waals surface area contributed by atoms with Crippen molar-refractivity contribution in [2.45, 2.75) is 70.6 Å². The molecule has 9 heteroatoms. The Morgan fingerprint density at radius 1 is 1.11 bits per heavy atom. The van der Waals surface area contributed by atoms with Gasteiger partial charge in [0.05, 0.1) is 0 Å². The molecule has 0 radical (unpaired) electrons. The fourth-order valence-corrected chi connectivity index (χ4v) is 4.86. The number of carbonyl (C=O) groups excluding carboxylic acids is 3. The third-order valence-corrected chi connectivity index (χ3v) is 6.85. The summed E-state index contributed by atoms with van der Waals surface area (Å²) in [4.78, 5) is 40.8. The number of phenols is 1. The van der Waals surface area contributed by atoms with Gasteiger partial charge in [0.1, 0.15) is 23.9 Å². The lowest BCUT2D eigenvalue weighted by Crippen LogP contribution is -2.55. The van der Waals surface area contributed by atoms with Gasteiger partial charge in [-0.3, -0.25) is 14.4 Å². The molecule has 2 saturated heterocycles. The van der Waals surface area contributed by atoms with Crippen molar-refractivity contribution in [3.8, 4) is 5.75 Å². The van der Waals surface area contributed by atoms with Crippen LogP contribution in [-0.4, -0.2) is 77.2 Å². The second kappa shape index (κ2) is 12.9. The molecule has 2 aliphatic heterocycles. The molecule has 5 N–H and O–H groups in total. The van der Waals surface area contributed by atoms with Crippen molar-refractivity contribution >= 4 is 17.7 Å². The summed E-state index contributed by atoms with van der Waals surface area (Å²) in [6.07, 6.45) is 2.56. The van der Waals surface area contributed by atoms with Crippen LogP contribution in [0.5, 0.6) is 5.75 Å². The van der Waals surface area contributed by atoms with Crippen molar-refractivity contribution in [1.29, 1.82) is 0 Å². The van der Waals surface area contributed by atoms with E-state index in [4.69, 9.17) is 0 Å². The van der Waals surface area contributed by atoms with Crippen LogP contribution < -0.4 is 16.0 Å². The van der Waals surface area contributed by atoms with Crippen LogP contribution in [0.15, 0.2) is 24.3 Å². The number of nitrogens with one attached hydrogen (secondary N) is 3. The van der Waals surface area contributed by atoms with Crippen LogP contribution in [-0.2, 0) is 20.8 Å². The van der Waals surface area contributed by atoms with Gasteiger partial charge in [0.15, 0.2) is 0 Å². The number of phenolic OH excluding ortho intramolecular Hbond substituents is 1. The predicted molar refractivity (Wildman–Crippen MR) is 133 cm³/mol. The van der Waals surface area contributed by atoms with Crippen molar-refractivity contribution in [3.63, 3.8) is 0 Å². The highest BCUT2D eigenvalue weighted by Gasteiger charge is 2.38. The van der Waals surface area contributed by atoms with E-state index < -0.39 is 24.1 Å². The van der Waals surface area contributed by atoms with Crippen LogP contribution in [0.2, 0.25) is 0 Å². The maximum Gasteiger partial charge on any atom is 0.249 e. The second-order valence-corrected chi connectivity index (χ2v) is 10.2. The van der Waals surface area contributed by atoms with Crippen LogP contribution in [0.3, 0.4) is 0 Å². The zero-order valence-electron chi connectivity index (χ0n) is 20.8. The first-order valence-corrected chi connectivity index (χ1v) is 12.8. The molecule has 0 saturated carbocycles. The topological polar surface area (TPSA) is 131 Å². The number of hydrogen-bond donors (Lipinski definition) is 5. The largest absolute Gasteiger partial charge is 0.508 e. The minimum Gasteiger partial charge on any atom is -0.508 e. The molecule has 0 bridgehead atoms. The van der Waals surface area contributed by atoms with Crippen molar-refractivity contribution < 1.29 is 24.6 Å². The first-order valence-electron chi connectivity index (χ1n) is 12.8. The molecule has 3 atom stereocenters. The SMILES string of the molecule is CC(C)C[C@@H](NC(=O)[C@H](O)Cc1ccc(O)cc1)C(=O)N1CCC[C@H]1C(=O)NCC1CCNCC1. The summed E-state index contributed by atoms with van der Waals surface area (Å²) in [6, 6.07) is 4.93. The zero-order valence-corrected chi connectivity index (χ0v) is 20.8. The number of carbonyl (C=O) groups is 3. The molecule has 0 aromatic heterocycles. The Kier molecular flexibility index (Phi) is 9.92. The number of hydrogen-bond acceptors (Lipinski definition) is 6. The van der Waals surface area contributed by atoms with Crippen LogP contribution in [0.25, 0.3) is 0 Å². The number of piperidine rings is 1. The lowest BCUT2D eigenvalue weighted by atomic mass is 9.98. The van der Waals surface area contributed by atoms with E-state index in [1.807, 2.05) is 13.8 Å². The van der Waals surface area contributed by atoms with Gasteiger partial charge >= 0.3 is 0 Å². The molecule has 1 aromatic rings. The third kappa shape index (κ3) is 7.93. The van der Waals surface area contributed by atoms with Crippen LogP contribution in [0, 0.1) is 11.8 Å². The van der Waals surface area contributed by atoms with Crippen LogP contribution >= 0.6 is 0 Å². The van der Waals surface area contributed by atoms with Crippen molar-refractivity contribution in [2.75, 3.05) is 26.2 Å². The summed E-state index contributed by atoms with van der Waals surface area (Å²) in [5, 5.41) is 28.9. The number of amides is 3. The van der Waals surface area contributed by atoms with Gasteiger partial charge in [-0.05, 0) is 74.7 Å². The fourth-order valence-electron chi connectivity index (χ4n) is 4.86. The Morgan fingerprint density at radius 2 is 1.80 bits per heavy atom. The lowest BCUT2D eigenvalue weighted by Gasteiger charge is -2.30. The molecule has 3 rings (SSSR count). The van der Waals surface area contributed by atoms with E-state index in [1.54, 1.807) is 17.0 Å². The van der Waals surface area contributed by atoms with Gasteiger partial charge in [0, 0.05) is 19.5 Å². The predicted octanol–water partition coefficient (Wildman–Crippen LogP) is 0.933. The molecule has 0 aliphatic carbocycles. The number of aromatic hydroxyl groups is 1. The standard InChI is InChI=1S/C26H40N4O5/c1-17(2)14-21(29-25(34)23(32)15-18-5-7-20(31)8-6-18)26(35)30-13-3-4-22(30)24(33)28-16-19-9-11-27-12-10-19/h5-8,17,19,21-23,27,31-32H,3-4,9-16H2,1-2H3,(H,28,33)(H,29,34)/t21-,22+,23-/m1/s1. The molecule has 2 fully saturated rings. The summed E-state index contributed by atoms with van der Waals surface area (Å²) in [5.41, 5.74) is 0.696. The Labute approximate surface area is 207 Å². The minimum absolute atomic E-state index is 0.0696.